The van der Waals surface area contributed by atoms with Gasteiger partial charge >= 0.3 is 0 Å². The lowest BCUT2D eigenvalue weighted by Gasteiger charge is -2.08. The third-order valence-electron chi connectivity index (χ3n) is 3.26. The molecule has 0 atom stereocenters. The van der Waals surface area contributed by atoms with Crippen molar-refractivity contribution >= 4 is 32.5 Å². The van der Waals surface area contributed by atoms with Gasteiger partial charge in [0, 0.05) is 23.3 Å². The Kier molecular flexibility index (Phi) is 4.06. The van der Waals surface area contributed by atoms with E-state index in [0.717, 1.165) is 21.6 Å². The maximum atomic E-state index is 5.83. The SMILES string of the molecule is CNc1ccc(COc2ccc3cc(Br)ccc3c2)cn1. The molecular weight excluding hydrogens is 328 g/mol. The molecule has 1 N–H and O–H groups in total. The van der Waals surface area contributed by atoms with Crippen LogP contribution in [0.15, 0.2) is 59.2 Å². The summed E-state index contributed by atoms with van der Waals surface area (Å²) >= 11 is 3.48. The van der Waals surface area contributed by atoms with Crippen LogP contribution in [0.4, 0.5) is 5.82 Å². The highest BCUT2D eigenvalue weighted by atomic mass is 79.9. The summed E-state index contributed by atoms with van der Waals surface area (Å²) in [6.45, 7) is 0.513. The molecule has 0 aliphatic heterocycles. The predicted octanol–water partition coefficient (Wildman–Crippen LogP) is 4.62. The first-order valence-electron chi connectivity index (χ1n) is 6.69. The summed E-state index contributed by atoms with van der Waals surface area (Å²) < 4.78 is 6.91. The van der Waals surface area contributed by atoms with Gasteiger partial charge in [0.05, 0.1) is 0 Å². The average molecular weight is 343 g/mol. The molecule has 21 heavy (non-hydrogen) atoms. The highest BCUT2D eigenvalue weighted by Crippen LogP contribution is 2.24. The molecule has 3 rings (SSSR count). The summed E-state index contributed by atoms with van der Waals surface area (Å²) in [7, 11) is 1.85. The van der Waals surface area contributed by atoms with Crippen LogP contribution in [0.5, 0.6) is 5.75 Å². The van der Waals surface area contributed by atoms with Crippen LogP contribution in [0.25, 0.3) is 10.8 Å². The van der Waals surface area contributed by atoms with Gasteiger partial charge in [0.2, 0.25) is 0 Å². The van der Waals surface area contributed by atoms with Crippen LogP contribution >= 0.6 is 15.9 Å². The number of hydrogen-bond donors (Lipinski definition) is 1. The second-order valence-electron chi connectivity index (χ2n) is 4.74. The summed E-state index contributed by atoms with van der Waals surface area (Å²) in [6, 6.07) is 16.3. The lowest BCUT2D eigenvalue weighted by molar-refractivity contribution is 0.306. The Morgan fingerprint density at radius 1 is 1.05 bits per heavy atom. The molecule has 0 saturated carbocycles. The molecule has 4 heteroatoms. The van der Waals surface area contributed by atoms with Gasteiger partial charge in [-0.05, 0) is 41.1 Å². The Morgan fingerprint density at radius 3 is 2.62 bits per heavy atom. The lowest BCUT2D eigenvalue weighted by Crippen LogP contribution is -1.98. The summed E-state index contributed by atoms with van der Waals surface area (Å²) in [5, 5.41) is 5.35. The van der Waals surface area contributed by atoms with Gasteiger partial charge in [-0.3, -0.25) is 0 Å². The number of hydrogen-bond acceptors (Lipinski definition) is 3. The number of fused-ring (bicyclic) bond motifs is 1. The largest absolute Gasteiger partial charge is 0.489 e. The molecule has 0 unspecified atom stereocenters. The zero-order valence-corrected chi connectivity index (χ0v) is 13.2. The average Bonchev–Trinajstić information content (AvgIpc) is 2.53. The van der Waals surface area contributed by atoms with Crippen molar-refractivity contribution in [3.05, 3.63) is 64.8 Å². The minimum Gasteiger partial charge on any atom is -0.489 e. The third-order valence-corrected chi connectivity index (χ3v) is 3.75. The van der Waals surface area contributed by atoms with E-state index >= 15 is 0 Å². The van der Waals surface area contributed by atoms with E-state index in [-0.39, 0.29) is 0 Å². The monoisotopic (exact) mass is 342 g/mol. The van der Waals surface area contributed by atoms with Gasteiger partial charge in [0.25, 0.3) is 0 Å². The zero-order valence-electron chi connectivity index (χ0n) is 11.6. The van der Waals surface area contributed by atoms with Gasteiger partial charge in [-0.2, -0.15) is 0 Å². The fourth-order valence-electron chi connectivity index (χ4n) is 2.11. The number of halogens is 1. The number of rotatable bonds is 4. The first-order valence-corrected chi connectivity index (χ1v) is 7.49. The molecular formula is C17H15BrN2O. The summed E-state index contributed by atoms with van der Waals surface area (Å²) in [6.07, 6.45) is 1.82. The second kappa shape index (κ2) is 6.14. The summed E-state index contributed by atoms with van der Waals surface area (Å²) in [5.41, 5.74) is 1.05. The molecule has 0 radical (unpaired) electrons. The minimum atomic E-state index is 0.513. The number of pyridine rings is 1. The van der Waals surface area contributed by atoms with Crippen molar-refractivity contribution in [3.63, 3.8) is 0 Å². The quantitative estimate of drug-likeness (QED) is 0.751. The maximum Gasteiger partial charge on any atom is 0.125 e. The Labute approximate surface area is 132 Å². The van der Waals surface area contributed by atoms with E-state index in [9.17, 15) is 0 Å². The van der Waals surface area contributed by atoms with Crippen LogP contribution in [0.1, 0.15) is 5.56 Å². The van der Waals surface area contributed by atoms with Gasteiger partial charge in [-0.25, -0.2) is 4.98 Å². The molecule has 106 valence electrons. The first kappa shape index (κ1) is 13.9. The molecule has 0 fully saturated rings. The topological polar surface area (TPSA) is 34.1 Å². The van der Waals surface area contributed by atoms with E-state index in [4.69, 9.17) is 4.74 Å². The Hall–Kier alpha value is -2.07. The Morgan fingerprint density at radius 2 is 1.86 bits per heavy atom. The van der Waals surface area contributed by atoms with Crippen molar-refractivity contribution in [2.45, 2.75) is 6.61 Å². The number of ether oxygens (including phenoxy) is 1. The van der Waals surface area contributed by atoms with Crippen molar-refractivity contribution in [2.24, 2.45) is 0 Å². The van der Waals surface area contributed by atoms with Crippen LogP contribution in [0, 0.1) is 0 Å². The van der Waals surface area contributed by atoms with Crippen molar-refractivity contribution < 1.29 is 4.74 Å². The molecule has 3 aromatic rings. The number of aromatic nitrogens is 1. The van der Waals surface area contributed by atoms with Crippen LogP contribution < -0.4 is 10.1 Å². The molecule has 0 aliphatic rings. The minimum absolute atomic E-state index is 0.513. The number of anilines is 1. The number of nitrogens with one attached hydrogen (secondary N) is 1. The lowest BCUT2D eigenvalue weighted by atomic mass is 10.1. The van der Waals surface area contributed by atoms with Crippen LogP contribution in [-0.4, -0.2) is 12.0 Å². The maximum absolute atomic E-state index is 5.83. The highest BCUT2D eigenvalue weighted by molar-refractivity contribution is 9.10. The van der Waals surface area contributed by atoms with Gasteiger partial charge in [-0.1, -0.05) is 34.1 Å². The van der Waals surface area contributed by atoms with E-state index in [1.807, 2.05) is 37.5 Å². The number of nitrogens with zero attached hydrogens (tertiary/aromatic N) is 1. The van der Waals surface area contributed by atoms with E-state index < -0.39 is 0 Å². The second-order valence-corrected chi connectivity index (χ2v) is 5.66. The summed E-state index contributed by atoms with van der Waals surface area (Å²) in [5.74, 6) is 1.72. The van der Waals surface area contributed by atoms with E-state index in [1.165, 1.54) is 10.8 Å². The molecule has 2 aromatic carbocycles. The standard InChI is InChI=1S/C17H15BrN2O/c1-19-17-7-2-12(10-20-17)11-21-16-6-4-13-8-15(18)5-3-14(13)9-16/h2-10H,11H2,1H3,(H,19,20). The molecule has 0 bridgehead atoms. The third kappa shape index (κ3) is 3.34. The molecule has 3 nitrogen and oxygen atoms in total. The van der Waals surface area contributed by atoms with E-state index in [2.05, 4.69) is 50.5 Å². The molecule has 0 spiro atoms. The molecule has 1 aromatic heterocycles. The van der Waals surface area contributed by atoms with E-state index in [1.54, 1.807) is 0 Å². The van der Waals surface area contributed by atoms with Gasteiger partial charge in [0.15, 0.2) is 0 Å². The smallest absolute Gasteiger partial charge is 0.125 e. The van der Waals surface area contributed by atoms with Crippen molar-refractivity contribution in [1.29, 1.82) is 0 Å². The Bertz CT molecular complexity index is 756. The molecule has 0 saturated heterocycles. The fourth-order valence-corrected chi connectivity index (χ4v) is 2.49. The molecule has 0 aliphatic carbocycles. The normalized spacial score (nSPS) is 10.6. The van der Waals surface area contributed by atoms with Crippen LogP contribution in [-0.2, 0) is 6.61 Å². The molecule has 0 amide bonds. The summed E-state index contributed by atoms with van der Waals surface area (Å²) in [4.78, 5) is 4.27. The van der Waals surface area contributed by atoms with Crippen LogP contribution in [0.2, 0.25) is 0 Å². The first-order chi connectivity index (χ1) is 10.2. The Balaban J connectivity index is 1.73. The van der Waals surface area contributed by atoms with Gasteiger partial charge < -0.3 is 10.1 Å². The van der Waals surface area contributed by atoms with Crippen molar-refractivity contribution in [3.8, 4) is 5.75 Å². The zero-order chi connectivity index (χ0) is 14.7. The highest BCUT2D eigenvalue weighted by Gasteiger charge is 2.00. The van der Waals surface area contributed by atoms with Crippen molar-refractivity contribution in [1.82, 2.24) is 4.98 Å². The van der Waals surface area contributed by atoms with Gasteiger partial charge in [0.1, 0.15) is 18.2 Å². The van der Waals surface area contributed by atoms with Gasteiger partial charge in [-0.15, -0.1) is 0 Å². The van der Waals surface area contributed by atoms with Crippen LogP contribution in [0.3, 0.4) is 0 Å². The fraction of sp³-hybridized carbons (Fsp3) is 0.118. The predicted molar refractivity (Wildman–Crippen MR) is 89.8 cm³/mol. The van der Waals surface area contributed by atoms with Crippen molar-refractivity contribution in [2.75, 3.05) is 12.4 Å². The molecule has 1 heterocycles. The number of benzene rings is 2. The van der Waals surface area contributed by atoms with E-state index in [0.29, 0.717) is 6.61 Å².